The van der Waals surface area contributed by atoms with Gasteiger partial charge in [-0.25, -0.2) is 4.79 Å². The van der Waals surface area contributed by atoms with Crippen LogP contribution in [-0.4, -0.2) is 37.4 Å². The monoisotopic (exact) mass is 189 g/mol. The van der Waals surface area contributed by atoms with Crippen LogP contribution in [0.15, 0.2) is 0 Å². The third-order valence-corrected chi connectivity index (χ3v) is 1.61. The van der Waals surface area contributed by atoms with Crippen molar-refractivity contribution < 1.29 is 9.90 Å². The number of hydrogen-bond donors (Lipinski definition) is 4. The fourth-order valence-electron chi connectivity index (χ4n) is 0.938. The summed E-state index contributed by atoms with van der Waals surface area (Å²) in [4.78, 5) is 10.2. The minimum absolute atomic E-state index is 0.267. The maximum atomic E-state index is 10.2. The first-order chi connectivity index (χ1) is 6.27. The van der Waals surface area contributed by atoms with Crippen molar-refractivity contribution in [1.82, 2.24) is 10.6 Å². The number of urea groups is 1. The highest BCUT2D eigenvalue weighted by Crippen LogP contribution is 1.91. The Morgan fingerprint density at radius 2 is 1.92 bits per heavy atom. The number of carbonyl (C=O) groups is 1. The Morgan fingerprint density at radius 1 is 1.15 bits per heavy atom. The molecular formula is C8H19N3O2. The average molecular weight is 189 g/mol. The normalized spacial score (nSPS) is 9.92. The summed E-state index contributed by atoms with van der Waals surface area (Å²) in [6, 6.07) is -0.484. The smallest absolute Gasteiger partial charge is 0.312 e. The predicted molar refractivity (Wildman–Crippen MR) is 51.4 cm³/mol. The molecule has 0 aliphatic rings. The molecule has 0 aliphatic heterocycles. The lowest BCUT2D eigenvalue weighted by molar-refractivity contribution is 0.249. The van der Waals surface area contributed by atoms with E-state index in [9.17, 15) is 4.79 Å². The highest BCUT2D eigenvalue weighted by molar-refractivity contribution is 5.71. The quantitative estimate of drug-likeness (QED) is 0.385. The Balaban J connectivity index is 2.87. The molecule has 0 saturated carbocycles. The van der Waals surface area contributed by atoms with Crippen LogP contribution >= 0.6 is 0 Å². The van der Waals surface area contributed by atoms with Gasteiger partial charge in [0.05, 0.1) is 0 Å². The maximum Gasteiger partial charge on any atom is 0.312 e. The molecule has 0 aromatic carbocycles. The zero-order valence-electron chi connectivity index (χ0n) is 7.88. The maximum absolute atomic E-state index is 10.2. The second kappa shape index (κ2) is 9.28. The standard InChI is InChI=1S/C8H19N3O2/c9-8(13)11-6-5-10-4-2-1-3-7-12/h10,12H,1-7H2,(H3,9,11,13). The number of aliphatic hydroxyl groups is 1. The van der Waals surface area contributed by atoms with E-state index >= 15 is 0 Å². The summed E-state index contributed by atoms with van der Waals surface area (Å²) in [5.74, 6) is 0. The first kappa shape index (κ1) is 12.2. The van der Waals surface area contributed by atoms with Gasteiger partial charge in [0.25, 0.3) is 0 Å². The van der Waals surface area contributed by atoms with E-state index in [4.69, 9.17) is 10.8 Å². The molecule has 0 aromatic heterocycles. The van der Waals surface area contributed by atoms with Crippen LogP contribution < -0.4 is 16.4 Å². The van der Waals surface area contributed by atoms with E-state index in [-0.39, 0.29) is 6.61 Å². The van der Waals surface area contributed by atoms with E-state index in [0.717, 1.165) is 32.4 Å². The molecule has 5 heteroatoms. The SMILES string of the molecule is NC(=O)NCCNCCCCCO. The zero-order valence-corrected chi connectivity index (χ0v) is 7.88. The number of rotatable bonds is 8. The lowest BCUT2D eigenvalue weighted by atomic mass is 10.2. The zero-order chi connectivity index (χ0) is 9.94. The van der Waals surface area contributed by atoms with E-state index < -0.39 is 6.03 Å². The van der Waals surface area contributed by atoms with Crippen molar-refractivity contribution in [2.75, 3.05) is 26.2 Å². The first-order valence-corrected chi connectivity index (χ1v) is 4.62. The molecule has 0 heterocycles. The van der Waals surface area contributed by atoms with E-state index in [1.54, 1.807) is 0 Å². The number of hydrogen-bond acceptors (Lipinski definition) is 3. The molecule has 0 spiro atoms. The number of unbranched alkanes of at least 4 members (excludes halogenated alkanes) is 2. The Labute approximate surface area is 78.7 Å². The molecule has 0 fully saturated rings. The Kier molecular flexibility index (Phi) is 8.70. The van der Waals surface area contributed by atoms with Gasteiger partial charge in [0, 0.05) is 19.7 Å². The molecule has 0 unspecified atom stereocenters. The van der Waals surface area contributed by atoms with Gasteiger partial charge in [0.15, 0.2) is 0 Å². The molecule has 0 saturated heterocycles. The van der Waals surface area contributed by atoms with Gasteiger partial charge in [-0.1, -0.05) is 0 Å². The Bertz CT molecular complexity index is 131. The number of aliphatic hydroxyl groups excluding tert-OH is 1. The number of nitrogens with one attached hydrogen (secondary N) is 2. The van der Waals surface area contributed by atoms with Crippen molar-refractivity contribution in [2.24, 2.45) is 5.73 Å². The van der Waals surface area contributed by atoms with Crippen molar-refractivity contribution >= 4 is 6.03 Å². The second-order valence-corrected chi connectivity index (χ2v) is 2.83. The topological polar surface area (TPSA) is 87.4 Å². The lowest BCUT2D eigenvalue weighted by Crippen LogP contribution is -2.35. The predicted octanol–water partition coefficient (Wildman–Crippen LogP) is -0.593. The van der Waals surface area contributed by atoms with E-state index in [1.165, 1.54) is 0 Å². The third-order valence-electron chi connectivity index (χ3n) is 1.61. The molecule has 0 rings (SSSR count). The second-order valence-electron chi connectivity index (χ2n) is 2.83. The van der Waals surface area contributed by atoms with Crippen LogP contribution in [0.1, 0.15) is 19.3 Å². The minimum atomic E-state index is -0.484. The number of carbonyl (C=O) groups excluding carboxylic acids is 1. The minimum Gasteiger partial charge on any atom is -0.396 e. The molecule has 13 heavy (non-hydrogen) atoms. The van der Waals surface area contributed by atoms with E-state index in [1.807, 2.05) is 0 Å². The average Bonchev–Trinajstić information content (AvgIpc) is 2.09. The van der Waals surface area contributed by atoms with Crippen LogP contribution in [0.2, 0.25) is 0 Å². The molecule has 0 radical (unpaired) electrons. The van der Waals surface area contributed by atoms with Gasteiger partial charge in [-0.05, 0) is 25.8 Å². The van der Waals surface area contributed by atoms with Crippen LogP contribution in [0.4, 0.5) is 4.79 Å². The largest absolute Gasteiger partial charge is 0.396 e. The van der Waals surface area contributed by atoms with Gasteiger partial charge >= 0.3 is 6.03 Å². The van der Waals surface area contributed by atoms with Crippen LogP contribution in [0, 0.1) is 0 Å². The summed E-state index contributed by atoms with van der Waals surface area (Å²) in [6.07, 6.45) is 2.95. The van der Waals surface area contributed by atoms with Crippen molar-refractivity contribution in [3.8, 4) is 0 Å². The van der Waals surface area contributed by atoms with Gasteiger partial charge in [0.2, 0.25) is 0 Å². The molecule has 2 amide bonds. The number of nitrogens with two attached hydrogens (primary N) is 1. The molecule has 0 aliphatic carbocycles. The van der Waals surface area contributed by atoms with Gasteiger partial charge in [-0.2, -0.15) is 0 Å². The molecule has 0 atom stereocenters. The molecule has 0 aromatic rings. The first-order valence-electron chi connectivity index (χ1n) is 4.62. The fourth-order valence-corrected chi connectivity index (χ4v) is 0.938. The number of amides is 2. The van der Waals surface area contributed by atoms with Gasteiger partial charge in [0.1, 0.15) is 0 Å². The van der Waals surface area contributed by atoms with Crippen LogP contribution in [0.25, 0.3) is 0 Å². The highest BCUT2D eigenvalue weighted by atomic mass is 16.2. The highest BCUT2D eigenvalue weighted by Gasteiger charge is 1.90. The molecular weight excluding hydrogens is 170 g/mol. The van der Waals surface area contributed by atoms with Crippen molar-refractivity contribution in [2.45, 2.75) is 19.3 Å². The molecule has 0 bridgehead atoms. The summed E-state index contributed by atoms with van der Waals surface area (Å²) in [5, 5.41) is 14.1. The van der Waals surface area contributed by atoms with Gasteiger partial charge in [-0.3, -0.25) is 0 Å². The molecule has 78 valence electrons. The Hall–Kier alpha value is -0.810. The van der Waals surface area contributed by atoms with Gasteiger partial charge in [-0.15, -0.1) is 0 Å². The van der Waals surface area contributed by atoms with Crippen molar-refractivity contribution in [1.29, 1.82) is 0 Å². The third kappa shape index (κ3) is 11.2. The van der Waals surface area contributed by atoms with Crippen LogP contribution in [-0.2, 0) is 0 Å². The fraction of sp³-hybridized carbons (Fsp3) is 0.875. The Morgan fingerprint density at radius 3 is 2.54 bits per heavy atom. The van der Waals surface area contributed by atoms with Gasteiger partial charge < -0.3 is 21.5 Å². The van der Waals surface area contributed by atoms with Crippen molar-refractivity contribution in [3.05, 3.63) is 0 Å². The summed E-state index contributed by atoms with van der Waals surface area (Å²) in [6.45, 7) is 2.49. The summed E-state index contributed by atoms with van der Waals surface area (Å²) >= 11 is 0. The van der Waals surface area contributed by atoms with Crippen LogP contribution in [0.3, 0.4) is 0 Å². The summed E-state index contributed by atoms with van der Waals surface area (Å²) in [7, 11) is 0. The lowest BCUT2D eigenvalue weighted by Gasteiger charge is -2.04. The molecule has 5 nitrogen and oxygen atoms in total. The van der Waals surface area contributed by atoms with E-state index in [0.29, 0.717) is 6.54 Å². The van der Waals surface area contributed by atoms with E-state index in [2.05, 4.69) is 10.6 Å². The van der Waals surface area contributed by atoms with Crippen LogP contribution in [0.5, 0.6) is 0 Å². The summed E-state index contributed by atoms with van der Waals surface area (Å²) < 4.78 is 0. The molecule has 5 N–H and O–H groups in total. The summed E-state index contributed by atoms with van der Waals surface area (Å²) in [5.41, 5.74) is 4.87. The number of primary amides is 1. The van der Waals surface area contributed by atoms with Crippen molar-refractivity contribution in [3.63, 3.8) is 0 Å².